The van der Waals surface area contributed by atoms with Crippen LogP contribution in [0, 0.1) is 5.92 Å². The largest absolute Gasteiger partial charge is 0.309 e. The van der Waals surface area contributed by atoms with Crippen LogP contribution in [0.4, 0.5) is 0 Å². The Hall–Kier alpha value is -0.830. The molecule has 0 amide bonds. The van der Waals surface area contributed by atoms with E-state index in [1.165, 1.54) is 16.7 Å². The molecule has 1 unspecified atom stereocenters. The van der Waals surface area contributed by atoms with Crippen LogP contribution in [0.5, 0.6) is 0 Å². The van der Waals surface area contributed by atoms with Crippen LogP contribution in [0.3, 0.4) is 0 Å². The quantitative estimate of drug-likeness (QED) is 0.725. The summed E-state index contributed by atoms with van der Waals surface area (Å²) in [6.07, 6.45) is 1.10. The lowest BCUT2D eigenvalue weighted by Gasteiger charge is -2.20. The first-order valence-corrected chi connectivity index (χ1v) is 8.39. The zero-order valence-electron chi connectivity index (χ0n) is 12.7. The fourth-order valence-electron chi connectivity index (χ4n) is 2.61. The van der Waals surface area contributed by atoms with E-state index in [9.17, 15) is 0 Å². The van der Waals surface area contributed by atoms with Gasteiger partial charge in [-0.05, 0) is 48.2 Å². The summed E-state index contributed by atoms with van der Waals surface area (Å²) in [6, 6.07) is 14.9. The Morgan fingerprint density at radius 1 is 1.14 bits per heavy atom. The molecule has 2 rings (SSSR count). The van der Waals surface area contributed by atoms with Crippen LogP contribution in [-0.2, 0) is 6.42 Å². The third-order valence-corrected chi connectivity index (χ3v) is 4.41. The molecule has 0 heterocycles. The van der Waals surface area contributed by atoms with Gasteiger partial charge in [0.15, 0.2) is 0 Å². The smallest absolute Gasteiger partial charge is 0.0585 e. The molecule has 1 atom stereocenters. The van der Waals surface area contributed by atoms with E-state index >= 15 is 0 Å². The van der Waals surface area contributed by atoms with Gasteiger partial charge in [0, 0.05) is 9.50 Å². The lowest BCUT2D eigenvalue weighted by molar-refractivity contribution is 0.643. The van der Waals surface area contributed by atoms with Crippen molar-refractivity contribution in [2.24, 2.45) is 5.92 Å². The van der Waals surface area contributed by atoms with Gasteiger partial charge in [-0.15, -0.1) is 0 Å². The lowest BCUT2D eigenvalue weighted by atomic mass is 9.95. The summed E-state index contributed by atoms with van der Waals surface area (Å²) in [7, 11) is 1.99. The van der Waals surface area contributed by atoms with Crippen molar-refractivity contribution >= 4 is 27.5 Å². The highest BCUT2D eigenvalue weighted by Gasteiger charge is 2.15. The van der Waals surface area contributed by atoms with Crippen molar-refractivity contribution in [3.05, 3.63) is 68.7 Å². The van der Waals surface area contributed by atoms with E-state index in [0.29, 0.717) is 5.92 Å². The Labute approximate surface area is 140 Å². The summed E-state index contributed by atoms with van der Waals surface area (Å²) in [4.78, 5) is 0. The van der Waals surface area contributed by atoms with Gasteiger partial charge < -0.3 is 5.32 Å². The van der Waals surface area contributed by atoms with E-state index < -0.39 is 0 Å². The van der Waals surface area contributed by atoms with Crippen molar-refractivity contribution in [2.75, 3.05) is 7.05 Å². The highest BCUT2D eigenvalue weighted by Crippen LogP contribution is 2.31. The summed E-state index contributed by atoms with van der Waals surface area (Å²) >= 11 is 9.66. The molecular formula is C18H21BrClN. The maximum absolute atomic E-state index is 6.04. The number of benzene rings is 2. The number of halogens is 2. The maximum Gasteiger partial charge on any atom is 0.0585 e. The van der Waals surface area contributed by atoms with Gasteiger partial charge >= 0.3 is 0 Å². The molecule has 3 heteroatoms. The Morgan fingerprint density at radius 3 is 2.52 bits per heavy atom. The molecule has 1 N–H and O–H groups in total. The molecule has 0 fully saturated rings. The van der Waals surface area contributed by atoms with Gasteiger partial charge in [-0.25, -0.2) is 0 Å². The Bertz CT molecular complexity index is 610. The molecule has 21 heavy (non-hydrogen) atoms. The molecule has 2 aromatic carbocycles. The minimum absolute atomic E-state index is 0.156. The highest BCUT2D eigenvalue weighted by molar-refractivity contribution is 9.10. The first-order chi connectivity index (χ1) is 10.0. The highest BCUT2D eigenvalue weighted by atomic mass is 79.9. The fraction of sp³-hybridized carbons (Fsp3) is 0.333. The van der Waals surface area contributed by atoms with Crippen molar-refractivity contribution in [2.45, 2.75) is 26.3 Å². The Balaban J connectivity index is 2.37. The summed E-state index contributed by atoms with van der Waals surface area (Å²) in [5, 5.41) is 4.15. The van der Waals surface area contributed by atoms with Crippen LogP contribution in [0.2, 0.25) is 5.02 Å². The molecule has 0 aliphatic carbocycles. The van der Waals surface area contributed by atoms with E-state index in [1.54, 1.807) is 0 Å². The van der Waals surface area contributed by atoms with E-state index in [2.05, 4.69) is 65.4 Å². The number of hydrogen-bond donors (Lipinski definition) is 1. The van der Waals surface area contributed by atoms with Crippen LogP contribution >= 0.6 is 27.5 Å². The SMILES string of the molecule is CNC(c1cccc(CC(C)C)c1)c1ccc(Cl)cc1Br. The van der Waals surface area contributed by atoms with Gasteiger partial charge in [-0.3, -0.25) is 0 Å². The van der Waals surface area contributed by atoms with Crippen LogP contribution < -0.4 is 5.32 Å². The third-order valence-electron chi connectivity index (χ3n) is 3.49. The molecule has 0 aliphatic heterocycles. The van der Waals surface area contributed by atoms with Crippen molar-refractivity contribution in [3.63, 3.8) is 0 Å². The average Bonchev–Trinajstić information content (AvgIpc) is 2.41. The molecular weight excluding hydrogens is 346 g/mol. The minimum Gasteiger partial charge on any atom is -0.309 e. The Morgan fingerprint density at radius 2 is 1.90 bits per heavy atom. The lowest BCUT2D eigenvalue weighted by Crippen LogP contribution is -2.18. The van der Waals surface area contributed by atoms with Gasteiger partial charge in [0.05, 0.1) is 6.04 Å². The van der Waals surface area contributed by atoms with E-state index in [4.69, 9.17) is 11.6 Å². The number of nitrogens with one attached hydrogen (secondary N) is 1. The second-order valence-electron chi connectivity index (χ2n) is 5.73. The monoisotopic (exact) mass is 365 g/mol. The predicted octanol–water partition coefficient (Wildman–Crippen LogP) is 5.61. The molecule has 0 saturated carbocycles. The van der Waals surface area contributed by atoms with Crippen molar-refractivity contribution in [1.82, 2.24) is 5.32 Å². The van der Waals surface area contributed by atoms with Crippen LogP contribution in [0.25, 0.3) is 0 Å². The van der Waals surface area contributed by atoms with E-state index in [1.807, 2.05) is 19.2 Å². The van der Waals surface area contributed by atoms with Gasteiger partial charge in [-0.1, -0.05) is 71.7 Å². The summed E-state index contributed by atoms with van der Waals surface area (Å²) in [5.74, 6) is 0.663. The summed E-state index contributed by atoms with van der Waals surface area (Å²) < 4.78 is 1.03. The van der Waals surface area contributed by atoms with Crippen molar-refractivity contribution in [1.29, 1.82) is 0 Å². The first kappa shape index (κ1) is 16.5. The van der Waals surface area contributed by atoms with Gasteiger partial charge in [0.25, 0.3) is 0 Å². The maximum atomic E-state index is 6.04. The third kappa shape index (κ3) is 4.32. The molecule has 0 aromatic heterocycles. The van der Waals surface area contributed by atoms with Crippen molar-refractivity contribution in [3.8, 4) is 0 Å². The molecule has 2 aromatic rings. The van der Waals surface area contributed by atoms with Crippen LogP contribution in [0.15, 0.2) is 46.9 Å². The van der Waals surface area contributed by atoms with E-state index in [0.717, 1.165) is 15.9 Å². The molecule has 1 nitrogen and oxygen atoms in total. The molecule has 0 radical (unpaired) electrons. The van der Waals surface area contributed by atoms with E-state index in [-0.39, 0.29) is 6.04 Å². The number of hydrogen-bond acceptors (Lipinski definition) is 1. The van der Waals surface area contributed by atoms with Gasteiger partial charge in [-0.2, -0.15) is 0 Å². The number of rotatable bonds is 5. The van der Waals surface area contributed by atoms with Gasteiger partial charge in [0.1, 0.15) is 0 Å². The minimum atomic E-state index is 0.156. The van der Waals surface area contributed by atoms with Crippen LogP contribution in [0.1, 0.15) is 36.6 Å². The summed E-state index contributed by atoms with van der Waals surface area (Å²) in [6.45, 7) is 4.50. The second kappa shape index (κ2) is 7.44. The predicted molar refractivity (Wildman–Crippen MR) is 95.0 cm³/mol. The molecule has 0 aliphatic rings. The zero-order chi connectivity index (χ0) is 15.4. The fourth-order valence-corrected chi connectivity index (χ4v) is 3.52. The molecule has 0 saturated heterocycles. The normalized spacial score (nSPS) is 12.7. The molecule has 112 valence electrons. The summed E-state index contributed by atoms with van der Waals surface area (Å²) in [5.41, 5.74) is 3.86. The first-order valence-electron chi connectivity index (χ1n) is 7.22. The van der Waals surface area contributed by atoms with Crippen LogP contribution in [-0.4, -0.2) is 7.05 Å². The topological polar surface area (TPSA) is 12.0 Å². The van der Waals surface area contributed by atoms with Crippen molar-refractivity contribution < 1.29 is 0 Å². The molecule has 0 spiro atoms. The zero-order valence-corrected chi connectivity index (χ0v) is 15.0. The second-order valence-corrected chi connectivity index (χ2v) is 7.02. The molecule has 0 bridgehead atoms. The standard InChI is InChI=1S/C18H21BrClN/c1-12(2)9-13-5-4-6-14(10-13)18(21-3)16-8-7-15(20)11-17(16)19/h4-8,10-12,18,21H,9H2,1-3H3. The Kier molecular flexibility index (Phi) is 5.86. The average molecular weight is 367 g/mol. The van der Waals surface area contributed by atoms with Gasteiger partial charge in [0.2, 0.25) is 0 Å².